The SMILES string of the molecule is CCCc1nc(N2CCN(C(=O)CC(C)(C)C)CC2)c2c(-c3ccc4ccccc4c3)noc2n1. The van der Waals surface area contributed by atoms with Crippen molar-refractivity contribution in [2.24, 2.45) is 5.41 Å². The van der Waals surface area contributed by atoms with Crippen molar-refractivity contribution in [3.05, 3.63) is 48.3 Å². The summed E-state index contributed by atoms with van der Waals surface area (Å²) < 4.78 is 5.76. The molecular weight excluding hydrogens is 438 g/mol. The van der Waals surface area contributed by atoms with Crippen molar-refractivity contribution in [1.82, 2.24) is 20.0 Å². The van der Waals surface area contributed by atoms with Gasteiger partial charge in [0, 0.05) is 44.6 Å². The predicted octanol–water partition coefficient (Wildman–Crippen LogP) is 5.48. The number of rotatable bonds is 5. The van der Waals surface area contributed by atoms with E-state index in [0.717, 1.165) is 59.6 Å². The van der Waals surface area contributed by atoms with Crippen molar-refractivity contribution >= 4 is 33.6 Å². The molecule has 1 aliphatic heterocycles. The van der Waals surface area contributed by atoms with E-state index in [-0.39, 0.29) is 11.3 Å². The van der Waals surface area contributed by atoms with E-state index in [0.29, 0.717) is 25.2 Å². The van der Waals surface area contributed by atoms with Crippen LogP contribution in [0.2, 0.25) is 0 Å². The topological polar surface area (TPSA) is 75.4 Å². The summed E-state index contributed by atoms with van der Waals surface area (Å²) >= 11 is 0. The van der Waals surface area contributed by atoms with Gasteiger partial charge in [-0.3, -0.25) is 4.79 Å². The number of anilines is 1. The van der Waals surface area contributed by atoms with Crippen LogP contribution in [0.25, 0.3) is 33.1 Å². The number of piperazine rings is 1. The van der Waals surface area contributed by atoms with Gasteiger partial charge in [0.1, 0.15) is 22.7 Å². The molecule has 2 aromatic carbocycles. The highest BCUT2D eigenvalue weighted by Crippen LogP contribution is 2.35. The number of amides is 1. The molecule has 0 radical (unpaired) electrons. The van der Waals surface area contributed by atoms with Crippen molar-refractivity contribution in [1.29, 1.82) is 0 Å². The van der Waals surface area contributed by atoms with E-state index in [1.807, 2.05) is 17.0 Å². The van der Waals surface area contributed by atoms with Crippen molar-refractivity contribution < 1.29 is 9.32 Å². The fraction of sp³-hybridized carbons (Fsp3) is 0.429. The minimum atomic E-state index is -0.0146. The Morgan fingerprint density at radius 1 is 1.00 bits per heavy atom. The fourth-order valence-corrected chi connectivity index (χ4v) is 4.71. The van der Waals surface area contributed by atoms with Gasteiger partial charge in [0.2, 0.25) is 5.91 Å². The molecule has 2 aromatic heterocycles. The number of benzene rings is 2. The first-order chi connectivity index (χ1) is 16.8. The number of aryl methyl sites for hydroxylation is 1. The third-order valence-corrected chi connectivity index (χ3v) is 6.47. The molecular formula is C28H33N5O2. The summed E-state index contributed by atoms with van der Waals surface area (Å²) in [4.78, 5) is 26.7. The number of hydrogen-bond donors (Lipinski definition) is 0. The molecule has 1 saturated heterocycles. The Morgan fingerprint density at radius 3 is 2.46 bits per heavy atom. The second kappa shape index (κ2) is 9.29. The molecule has 0 aliphatic carbocycles. The Bertz CT molecular complexity index is 1360. The number of aromatic nitrogens is 3. The molecule has 35 heavy (non-hydrogen) atoms. The summed E-state index contributed by atoms with van der Waals surface area (Å²) in [6.45, 7) is 11.2. The first-order valence-electron chi connectivity index (χ1n) is 12.5. The zero-order valence-electron chi connectivity index (χ0n) is 21.0. The molecule has 182 valence electrons. The highest BCUT2D eigenvalue weighted by atomic mass is 16.5. The first kappa shape index (κ1) is 23.3. The molecule has 0 spiro atoms. The van der Waals surface area contributed by atoms with E-state index in [1.165, 1.54) is 5.39 Å². The van der Waals surface area contributed by atoms with Crippen LogP contribution in [0.4, 0.5) is 5.82 Å². The Kier molecular flexibility index (Phi) is 6.17. The fourth-order valence-electron chi connectivity index (χ4n) is 4.71. The van der Waals surface area contributed by atoms with Gasteiger partial charge >= 0.3 is 0 Å². The molecule has 5 rings (SSSR count). The lowest BCUT2D eigenvalue weighted by molar-refractivity contribution is -0.133. The number of nitrogens with zero attached hydrogens (tertiary/aromatic N) is 5. The largest absolute Gasteiger partial charge is 0.352 e. The summed E-state index contributed by atoms with van der Waals surface area (Å²) in [5, 5.41) is 7.62. The van der Waals surface area contributed by atoms with Gasteiger partial charge in [-0.15, -0.1) is 0 Å². The van der Waals surface area contributed by atoms with Gasteiger partial charge in [0.15, 0.2) is 0 Å². The summed E-state index contributed by atoms with van der Waals surface area (Å²) in [6.07, 6.45) is 2.29. The maximum Gasteiger partial charge on any atom is 0.263 e. The van der Waals surface area contributed by atoms with Gasteiger partial charge in [0.05, 0.1) is 0 Å². The van der Waals surface area contributed by atoms with Crippen LogP contribution in [-0.4, -0.2) is 52.1 Å². The second-order valence-corrected chi connectivity index (χ2v) is 10.6. The third-order valence-electron chi connectivity index (χ3n) is 6.47. The molecule has 0 unspecified atom stereocenters. The van der Waals surface area contributed by atoms with E-state index >= 15 is 0 Å². The highest BCUT2D eigenvalue weighted by Gasteiger charge is 2.28. The average molecular weight is 472 g/mol. The van der Waals surface area contributed by atoms with Crippen molar-refractivity contribution in [3.8, 4) is 11.3 Å². The minimum absolute atomic E-state index is 0.0146. The van der Waals surface area contributed by atoms with Crippen LogP contribution in [-0.2, 0) is 11.2 Å². The van der Waals surface area contributed by atoms with Gasteiger partial charge in [-0.25, -0.2) is 4.98 Å². The van der Waals surface area contributed by atoms with E-state index in [9.17, 15) is 4.79 Å². The normalized spacial score (nSPS) is 14.7. The quantitative estimate of drug-likeness (QED) is 0.384. The third kappa shape index (κ3) is 4.85. The monoisotopic (exact) mass is 471 g/mol. The predicted molar refractivity (Wildman–Crippen MR) is 139 cm³/mol. The maximum atomic E-state index is 12.8. The molecule has 1 fully saturated rings. The number of carbonyl (C=O) groups excluding carboxylic acids is 1. The summed E-state index contributed by atoms with van der Waals surface area (Å²) in [7, 11) is 0. The van der Waals surface area contributed by atoms with Crippen molar-refractivity contribution in [3.63, 3.8) is 0 Å². The minimum Gasteiger partial charge on any atom is -0.352 e. The lowest BCUT2D eigenvalue weighted by Gasteiger charge is -2.36. The molecule has 7 nitrogen and oxygen atoms in total. The maximum absolute atomic E-state index is 12.8. The van der Waals surface area contributed by atoms with E-state index in [4.69, 9.17) is 9.51 Å². The Hall–Kier alpha value is -3.48. The molecule has 4 aromatic rings. The van der Waals surface area contributed by atoms with Crippen LogP contribution in [0.1, 0.15) is 46.4 Å². The van der Waals surface area contributed by atoms with Crippen LogP contribution < -0.4 is 4.90 Å². The lowest BCUT2D eigenvalue weighted by atomic mass is 9.91. The van der Waals surface area contributed by atoms with Crippen LogP contribution in [0.3, 0.4) is 0 Å². The molecule has 7 heteroatoms. The molecule has 0 saturated carbocycles. The number of hydrogen-bond acceptors (Lipinski definition) is 6. The van der Waals surface area contributed by atoms with Crippen molar-refractivity contribution in [2.75, 3.05) is 31.1 Å². The standard InChI is InChI=1S/C28H33N5O2/c1-5-8-22-29-26(33-15-13-32(14-16-33)23(34)18-28(2,3)4)24-25(31-35-27(24)30-22)21-12-11-19-9-6-7-10-20(19)17-21/h6-7,9-12,17H,5,8,13-16,18H2,1-4H3. The van der Waals surface area contributed by atoms with Gasteiger partial charge in [-0.05, 0) is 28.7 Å². The van der Waals surface area contributed by atoms with E-state index in [2.05, 4.69) is 73.1 Å². The summed E-state index contributed by atoms with van der Waals surface area (Å²) in [5.74, 6) is 1.84. The van der Waals surface area contributed by atoms with Gasteiger partial charge in [-0.2, -0.15) is 4.98 Å². The zero-order chi connectivity index (χ0) is 24.6. The summed E-state index contributed by atoms with van der Waals surface area (Å²) in [6, 6.07) is 14.6. The van der Waals surface area contributed by atoms with Gasteiger partial charge in [0.25, 0.3) is 5.71 Å². The highest BCUT2D eigenvalue weighted by molar-refractivity contribution is 6.00. The van der Waals surface area contributed by atoms with Gasteiger partial charge < -0.3 is 14.3 Å². The molecule has 0 N–H and O–H groups in total. The van der Waals surface area contributed by atoms with Crippen LogP contribution >= 0.6 is 0 Å². The Labute approximate surface area is 206 Å². The molecule has 1 aliphatic rings. The summed E-state index contributed by atoms with van der Waals surface area (Å²) in [5.41, 5.74) is 2.25. The Morgan fingerprint density at radius 2 is 1.74 bits per heavy atom. The second-order valence-electron chi connectivity index (χ2n) is 10.6. The lowest BCUT2D eigenvalue weighted by Crippen LogP contribution is -2.49. The van der Waals surface area contributed by atoms with Crippen LogP contribution in [0, 0.1) is 5.41 Å². The molecule has 1 amide bonds. The van der Waals surface area contributed by atoms with Crippen LogP contribution in [0.5, 0.6) is 0 Å². The average Bonchev–Trinajstić information content (AvgIpc) is 3.26. The zero-order valence-corrected chi connectivity index (χ0v) is 21.0. The molecule has 0 bridgehead atoms. The van der Waals surface area contributed by atoms with E-state index < -0.39 is 0 Å². The Balaban J connectivity index is 1.50. The van der Waals surface area contributed by atoms with Crippen LogP contribution in [0.15, 0.2) is 47.0 Å². The van der Waals surface area contributed by atoms with Crippen molar-refractivity contribution in [2.45, 2.75) is 47.0 Å². The number of fused-ring (bicyclic) bond motifs is 2. The first-order valence-corrected chi connectivity index (χ1v) is 12.5. The smallest absolute Gasteiger partial charge is 0.263 e. The number of carbonyl (C=O) groups is 1. The molecule has 3 heterocycles. The van der Waals surface area contributed by atoms with E-state index in [1.54, 1.807) is 0 Å². The molecule has 0 atom stereocenters. The van der Waals surface area contributed by atoms with Gasteiger partial charge in [-0.1, -0.05) is 69.2 Å².